The molecule has 1 aliphatic rings. The van der Waals surface area contributed by atoms with Gasteiger partial charge in [-0.2, -0.15) is 0 Å². The highest BCUT2D eigenvalue weighted by Crippen LogP contribution is 2.23. The first kappa shape index (κ1) is 9.46. The molecular formula is C11H10BrNO. The quantitative estimate of drug-likeness (QED) is 0.695. The summed E-state index contributed by atoms with van der Waals surface area (Å²) in [5, 5.41) is 0. The van der Waals surface area contributed by atoms with Crippen LogP contribution in [0.3, 0.4) is 0 Å². The monoisotopic (exact) mass is 251 g/mol. The van der Waals surface area contributed by atoms with Crippen molar-refractivity contribution in [1.29, 1.82) is 0 Å². The summed E-state index contributed by atoms with van der Waals surface area (Å²) < 4.78 is 1.07. The van der Waals surface area contributed by atoms with E-state index in [0.717, 1.165) is 4.47 Å². The molecule has 1 aromatic carbocycles. The van der Waals surface area contributed by atoms with Crippen LogP contribution in [-0.2, 0) is 11.3 Å². The number of carbonyl (C=O) groups excluding carboxylic acids is 1. The lowest BCUT2D eigenvalue weighted by molar-refractivity contribution is -0.126. The number of nitrogens with zero attached hydrogens (tertiary/aromatic N) is 1. The van der Waals surface area contributed by atoms with E-state index in [1.165, 1.54) is 11.1 Å². The number of halogens is 1. The van der Waals surface area contributed by atoms with Crippen molar-refractivity contribution in [1.82, 2.24) is 4.90 Å². The van der Waals surface area contributed by atoms with Gasteiger partial charge in [0.15, 0.2) is 0 Å². The Morgan fingerprint density at radius 3 is 3.00 bits per heavy atom. The number of fused-ring (bicyclic) bond motifs is 1. The van der Waals surface area contributed by atoms with Crippen LogP contribution in [0, 0.1) is 0 Å². The molecular weight excluding hydrogens is 242 g/mol. The van der Waals surface area contributed by atoms with Crippen molar-refractivity contribution in [3.63, 3.8) is 0 Å². The minimum Gasteiger partial charge on any atom is -0.315 e. The number of amides is 1. The second-order valence-corrected chi connectivity index (χ2v) is 4.22. The molecule has 0 fully saturated rings. The van der Waals surface area contributed by atoms with Gasteiger partial charge in [-0.05, 0) is 29.3 Å². The zero-order valence-electron chi connectivity index (χ0n) is 7.83. The van der Waals surface area contributed by atoms with Gasteiger partial charge >= 0.3 is 0 Å². The molecule has 1 amide bonds. The van der Waals surface area contributed by atoms with E-state index in [1.807, 2.05) is 24.4 Å². The van der Waals surface area contributed by atoms with Crippen LogP contribution in [-0.4, -0.2) is 10.8 Å². The third-order valence-electron chi connectivity index (χ3n) is 2.29. The second kappa shape index (κ2) is 3.58. The summed E-state index contributed by atoms with van der Waals surface area (Å²) in [5.74, 6) is 0.0785. The van der Waals surface area contributed by atoms with Crippen LogP contribution < -0.4 is 0 Å². The van der Waals surface area contributed by atoms with E-state index in [2.05, 4.69) is 22.0 Å². The van der Waals surface area contributed by atoms with E-state index in [1.54, 1.807) is 11.8 Å². The summed E-state index contributed by atoms with van der Waals surface area (Å²) in [6.07, 6.45) is 3.79. The molecule has 72 valence electrons. The molecule has 0 aliphatic carbocycles. The largest absolute Gasteiger partial charge is 0.315 e. The lowest BCUT2D eigenvalue weighted by Crippen LogP contribution is -2.24. The van der Waals surface area contributed by atoms with Gasteiger partial charge in [0.05, 0.1) is 6.54 Å². The fourth-order valence-corrected chi connectivity index (χ4v) is 1.87. The summed E-state index contributed by atoms with van der Waals surface area (Å²) in [5.41, 5.74) is 2.36. The average Bonchev–Trinajstić information content (AvgIpc) is 2.16. The fraction of sp³-hybridized carbons (Fsp3) is 0.182. The predicted molar refractivity (Wildman–Crippen MR) is 59.4 cm³/mol. The second-order valence-electron chi connectivity index (χ2n) is 3.31. The highest BCUT2D eigenvalue weighted by atomic mass is 79.9. The Morgan fingerprint density at radius 2 is 2.29 bits per heavy atom. The summed E-state index contributed by atoms with van der Waals surface area (Å²) in [4.78, 5) is 12.8. The minimum absolute atomic E-state index is 0.0785. The Bertz CT molecular complexity index is 412. The van der Waals surface area contributed by atoms with Crippen molar-refractivity contribution in [3.05, 3.63) is 40.0 Å². The molecule has 0 aromatic heterocycles. The van der Waals surface area contributed by atoms with Crippen LogP contribution in [0.4, 0.5) is 0 Å². The van der Waals surface area contributed by atoms with Crippen molar-refractivity contribution in [2.24, 2.45) is 0 Å². The zero-order valence-corrected chi connectivity index (χ0v) is 9.41. The van der Waals surface area contributed by atoms with Crippen molar-refractivity contribution in [3.8, 4) is 0 Å². The van der Waals surface area contributed by atoms with Crippen molar-refractivity contribution < 1.29 is 4.79 Å². The van der Waals surface area contributed by atoms with E-state index in [-0.39, 0.29) is 5.91 Å². The summed E-state index contributed by atoms with van der Waals surface area (Å²) in [6, 6.07) is 6.10. The first-order valence-corrected chi connectivity index (χ1v) is 5.20. The zero-order chi connectivity index (χ0) is 10.1. The summed E-state index contributed by atoms with van der Waals surface area (Å²) in [6.45, 7) is 2.25. The van der Waals surface area contributed by atoms with E-state index >= 15 is 0 Å². The normalized spacial score (nSPS) is 14.0. The predicted octanol–water partition coefficient (Wildman–Crippen LogP) is 2.78. The van der Waals surface area contributed by atoms with Gasteiger partial charge < -0.3 is 4.90 Å². The third-order valence-corrected chi connectivity index (χ3v) is 2.78. The molecule has 0 unspecified atom stereocenters. The molecule has 2 rings (SSSR count). The number of benzene rings is 1. The van der Waals surface area contributed by atoms with Gasteiger partial charge in [-0.25, -0.2) is 0 Å². The van der Waals surface area contributed by atoms with Gasteiger partial charge in [0.1, 0.15) is 0 Å². The summed E-state index contributed by atoms with van der Waals surface area (Å²) in [7, 11) is 0. The van der Waals surface area contributed by atoms with E-state index in [9.17, 15) is 4.79 Å². The van der Waals surface area contributed by atoms with Gasteiger partial charge in [0.2, 0.25) is 5.91 Å². The highest BCUT2D eigenvalue weighted by molar-refractivity contribution is 9.10. The Labute approximate surface area is 91.3 Å². The van der Waals surface area contributed by atoms with Crippen LogP contribution in [0.1, 0.15) is 18.1 Å². The van der Waals surface area contributed by atoms with Crippen LogP contribution in [0.15, 0.2) is 28.9 Å². The van der Waals surface area contributed by atoms with Crippen LogP contribution in [0.2, 0.25) is 0 Å². The SMILES string of the molecule is CC(=O)N1C=Cc2cc(Br)ccc2C1. The molecule has 14 heavy (non-hydrogen) atoms. The lowest BCUT2D eigenvalue weighted by atomic mass is 10.0. The number of hydrogen-bond donors (Lipinski definition) is 0. The first-order valence-electron chi connectivity index (χ1n) is 4.40. The maximum absolute atomic E-state index is 11.1. The van der Waals surface area contributed by atoms with Gasteiger partial charge in [-0.1, -0.05) is 22.0 Å². The number of hydrogen-bond acceptors (Lipinski definition) is 1. The Kier molecular flexibility index (Phi) is 2.42. The number of carbonyl (C=O) groups is 1. The van der Waals surface area contributed by atoms with Crippen LogP contribution >= 0.6 is 15.9 Å². The molecule has 0 atom stereocenters. The maximum Gasteiger partial charge on any atom is 0.223 e. The van der Waals surface area contributed by atoms with E-state index < -0.39 is 0 Å². The van der Waals surface area contributed by atoms with Crippen molar-refractivity contribution >= 4 is 27.9 Å². The van der Waals surface area contributed by atoms with Gasteiger partial charge in [0.25, 0.3) is 0 Å². The Morgan fingerprint density at radius 1 is 1.50 bits per heavy atom. The molecule has 1 aliphatic heterocycles. The fourth-order valence-electron chi connectivity index (χ4n) is 1.49. The van der Waals surface area contributed by atoms with Gasteiger partial charge in [-0.15, -0.1) is 0 Å². The van der Waals surface area contributed by atoms with Gasteiger partial charge in [-0.3, -0.25) is 4.79 Å². The lowest BCUT2D eigenvalue weighted by Gasteiger charge is -2.22. The van der Waals surface area contributed by atoms with Crippen LogP contribution in [0.25, 0.3) is 6.08 Å². The molecule has 0 radical (unpaired) electrons. The molecule has 2 nitrogen and oxygen atoms in total. The topological polar surface area (TPSA) is 20.3 Å². The Balaban J connectivity index is 2.36. The molecule has 0 spiro atoms. The smallest absolute Gasteiger partial charge is 0.223 e. The average molecular weight is 252 g/mol. The molecule has 0 bridgehead atoms. The van der Waals surface area contributed by atoms with Crippen molar-refractivity contribution in [2.45, 2.75) is 13.5 Å². The standard InChI is InChI=1S/C11H10BrNO/c1-8(14)13-5-4-9-6-11(12)3-2-10(9)7-13/h2-6H,7H2,1H3. The summed E-state index contributed by atoms with van der Waals surface area (Å²) >= 11 is 3.42. The number of rotatable bonds is 0. The van der Waals surface area contributed by atoms with Crippen molar-refractivity contribution in [2.75, 3.05) is 0 Å². The molecule has 0 saturated carbocycles. The molecule has 1 aromatic rings. The minimum atomic E-state index is 0.0785. The first-order chi connectivity index (χ1) is 6.66. The third kappa shape index (κ3) is 1.73. The Hall–Kier alpha value is -1.09. The molecule has 1 heterocycles. The molecule has 3 heteroatoms. The highest BCUT2D eigenvalue weighted by Gasteiger charge is 2.12. The van der Waals surface area contributed by atoms with Crippen LogP contribution in [0.5, 0.6) is 0 Å². The maximum atomic E-state index is 11.1. The van der Waals surface area contributed by atoms with Gasteiger partial charge in [0, 0.05) is 17.6 Å². The van der Waals surface area contributed by atoms with E-state index in [4.69, 9.17) is 0 Å². The molecule has 0 N–H and O–H groups in total. The van der Waals surface area contributed by atoms with E-state index in [0.29, 0.717) is 6.54 Å². The molecule has 0 saturated heterocycles.